The summed E-state index contributed by atoms with van der Waals surface area (Å²) in [6.07, 6.45) is 10.8. The first-order chi connectivity index (χ1) is 27.7. The van der Waals surface area contributed by atoms with Crippen LogP contribution in [0.25, 0.3) is 22.5 Å². The summed E-state index contributed by atoms with van der Waals surface area (Å²) in [5, 5.41) is 0. The van der Waals surface area contributed by atoms with Crippen molar-refractivity contribution in [2.45, 2.75) is 95.6 Å². The van der Waals surface area contributed by atoms with Crippen molar-refractivity contribution in [2.24, 2.45) is 0 Å². The van der Waals surface area contributed by atoms with E-state index in [9.17, 15) is 8.78 Å². The van der Waals surface area contributed by atoms with Gasteiger partial charge in [0.1, 0.15) is 23.3 Å². The van der Waals surface area contributed by atoms with Crippen LogP contribution in [0.1, 0.15) is 89.4 Å². The quantitative estimate of drug-likeness (QED) is 0.130. The molecule has 0 amide bonds. The van der Waals surface area contributed by atoms with Crippen LogP contribution in [0.2, 0.25) is 0 Å². The van der Waals surface area contributed by atoms with E-state index in [1.165, 1.54) is 37.1 Å². The topological polar surface area (TPSA) is 32.3 Å². The van der Waals surface area contributed by atoms with Crippen LogP contribution in [0.15, 0.2) is 121 Å². The number of anilines is 4. The van der Waals surface area contributed by atoms with E-state index in [4.69, 9.17) is 9.97 Å². The van der Waals surface area contributed by atoms with Crippen LogP contribution in [0.5, 0.6) is 0 Å². The number of halogens is 4. The molecule has 8 heteroatoms. The van der Waals surface area contributed by atoms with Crippen molar-refractivity contribution < 1.29 is 17.6 Å². The summed E-state index contributed by atoms with van der Waals surface area (Å²) in [6, 6.07) is 36.0. The highest BCUT2D eigenvalue weighted by Crippen LogP contribution is 2.43. The molecule has 0 aliphatic heterocycles. The minimum absolute atomic E-state index is 0.190. The highest BCUT2D eigenvalue weighted by Gasteiger charge is 2.33. The third kappa shape index (κ3) is 8.18. The molecule has 0 atom stereocenters. The van der Waals surface area contributed by atoms with Gasteiger partial charge in [0.25, 0.3) is 0 Å². The Morgan fingerprint density at radius 3 is 1.21 bits per heavy atom. The Balaban J connectivity index is 1.35. The van der Waals surface area contributed by atoms with E-state index >= 15 is 8.78 Å². The molecule has 2 heterocycles. The number of aromatic nitrogens is 2. The molecule has 4 aromatic carbocycles. The fraction of sp³-hybridized carbons (Fsp3) is 0.306. The van der Waals surface area contributed by atoms with Crippen LogP contribution < -0.4 is 9.80 Å². The maximum absolute atomic E-state index is 15.7. The number of para-hydroxylation sites is 2. The summed E-state index contributed by atoms with van der Waals surface area (Å²) in [5.41, 5.74) is 5.17. The van der Waals surface area contributed by atoms with Crippen LogP contribution in [-0.2, 0) is 5.41 Å². The van der Waals surface area contributed by atoms with Gasteiger partial charge in [-0.2, -0.15) is 0 Å². The molecule has 0 saturated heterocycles. The summed E-state index contributed by atoms with van der Waals surface area (Å²) in [5.74, 6) is -2.73. The van der Waals surface area contributed by atoms with Crippen LogP contribution in [0.3, 0.4) is 0 Å². The lowest BCUT2D eigenvalue weighted by molar-refractivity contribution is 0.435. The van der Waals surface area contributed by atoms with Crippen molar-refractivity contribution in [3.05, 3.63) is 156 Å². The standard InChI is InChI=1S/C49H48F4N4/c1-49(2,47-31-39(29-45(54-47)41-25-23-33(50)27-43(41)52)56(35-15-7-3-8-16-35)36-17-9-4-10-18-36)48-32-40(30-46(55-48)42-26-24-34(51)28-44(42)53)57(37-19-11-5-12-20-37)38-21-13-6-14-22-38/h3,5,7-8,11-12,15-16,19-20,23-32,36,38H,4,6,9-10,13-14,17-18,21-22H2,1-2H3. The molecule has 4 nitrogen and oxygen atoms in total. The van der Waals surface area contributed by atoms with E-state index in [-0.39, 0.29) is 23.2 Å². The van der Waals surface area contributed by atoms with E-state index in [1.54, 1.807) is 0 Å². The third-order valence-electron chi connectivity index (χ3n) is 11.8. The SMILES string of the molecule is CC(C)(c1cc(N(c2ccccc2)C2CCCCC2)cc(-c2ccc(F)cc2F)n1)c1cc(N(c2ccccc2)C2CCCCC2)cc(-c2ccc(F)cc2F)n1. The molecular weight excluding hydrogens is 721 g/mol. The van der Waals surface area contributed by atoms with Crippen LogP contribution in [-0.4, -0.2) is 22.1 Å². The molecule has 292 valence electrons. The van der Waals surface area contributed by atoms with E-state index < -0.39 is 28.7 Å². The molecule has 57 heavy (non-hydrogen) atoms. The molecule has 0 radical (unpaired) electrons. The van der Waals surface area contributed by atoms with Gasteiger partial charge in [0.2, 0.25) is 0 Å². The molecule has 0 bridgehead atoms. The zero-order chi connectivity index (χ0) is 39.5. The highest BCUT2D eigenvalue weighted by molar-refractivity contribution is 5.74. The molecule has 8 rings (SSSR count). The van der Waals surface area contributed by atoms with Crippen molar-refractivity contribution in [1.29, 1.82) is 0 Å². The summed E-state index contributed by atoms with van der Waals surface area (Å²) in [6.45, 7) is 4.06. The Bertz CT molecular complexity index is 2160. The van der Waals surface area contributed by atoms with Gasteiger partial charge in [0, 0.05) is 63.5 Å². The van der Waals surface area contributed by atoms with E-state index in [2.05, 4.69) is 46.2 Å². The van der Waals surface area contributed by atoms with Crippen molar-refractivity contribution >= 4 is 22.7 Å². The molecule has 6 aromatic rings. The van der Waals surface area contributed by atoms with Crippen LogP contribution in [0, 0.1) is 23.3 Å². The molecule has 2 aliphatic carbocycles. The van der Waals surface area contributed by atoms with Crippen molar-refractivity contribution in [3.63, 3.8) is 0 Å². The van der Waals surface area contributed by atoms with E-state index in [1.807, 2.05) is 62.4 Å². The molecule has 0 unspecified atom stereocenters. The van der Waals surface area contributed by atoms with Crippen LogP contribution >= 0.6 is 0 Å². The Morgan fingerprint density at radius 1 is 0.456 bits per heavy atom. The number of pyridine rings is 2. The first-order valence-electron chi connectivity index (χ1n) is 20.3. The molecule has 2 aromatic heterocycles. The first kappa shape index (κ1) is 38.4. The Morgan fingerprint density at radius 2 is 0.842 bits per heavy atom. The van der Waals surface area contributed by atoms with Gasteiger partial charge in [-0.25, -0.2) is 17.6 Å². The molecule has 0 spiro atoms. The zero-order valence-electron chi connectivity index (χ0n) is 32.6. The van der Waals surface area contributed by atoms with Gasteiger partial charge < -0.3 is 9.80 Å². The van der Waals surface area contributed by atoms with Gasteiger partial charge in [-0.3, -0.25) is 9.97 Å². The van der Waals surface area contributed by atoms with Crippen molar-refractivity contribution in [2.75, 3.05) is 9.80 Å². The Hall–Kier alpha value is -5.50. The van der Waals surface area contributed by atoms with Gasteiger partial charge >= 0.3 is 0 Å². The summed E-state index contributed by atoms with van der Waals surface area (Å²) < 4.78 is 60.0. The molecule has 0 N–H and O–H groups in total. The predicted octanol–water partition coefficient (Wildman–Crippen LogP) is 13.6. The Labute approximate surface area is 333 Å². The molecular formula is C49H48F4N4. The number of rotatable bonds is 10. The Kier molecular flexibility index (Phi) is 11.1. The summed E-state index contributed by atoms with van der Waals surface area (Å²) >= 11 is 0. The van der Waals surface area contributed by atoms with Crippen LogP contribution in [0.4, 0.5) is 40.3 Å². The largest absolute Gasteiger partial charge is 0.338 e. The zero-order valence-corrected chi connectivity index (χ0v) is 32.6. The number of benzene rings is 4. The van der Waals surface area contributed by atoms with Crippen molar-refractivity contribution in [3.8, 4) is 22.5 Å². The minimum Gasteiger partial charge on any atom is -0.338 e. The second-order valence-electron chi connectivity index (χ2n) is 16.1. The monoisotopic (exact) mass is 768 g/mol. The van der Waals surface area contributed by atoms with E-state index in [0.717, 1.165) is 86.2 Å². The molecule has 2 fully saturated rings. The van der Waals surface area contributed by atoms with Gasteiger partial charge in [-0.15, -0.1) is 0 Å². The average molecular weight is 769 g/mol. The number of hydrogen-bond acceptors (Lipinski definition) is 4. The summed E-state index contributed by atoms with van der Waals surface area (Å²) in [4.78, 5) is 15.0. The number of nitrogens with zero attached hydrogens (tertiary/aromatic N) is 4. The van der Waals surface area contributed by atoms with Gasteiger partial charge in [0.15, 0.2) is 0 Å². The third-order valence-corrected chi connectivity index (χ3v) is 11.8. The number of hydrogen-bond donors (Lipinski definition) is 0. The van der Waals surface area contributed by atoms with Gasteiger partial charge in [-0.1, -0.05) is 74.9 Å². The predicted molar refractivity (Wildman–Crippen MR) is 222 cm³/mol. The molecule has 2 aliphatic rings. The molecule has 2 saturated carbocycles. The lowest BCUT2D eigenvalue weighted by Crippen LogP contribution is -2.34. The van der Waals surface area contributed by atoms with E-state index in [0.29, 0.717) is 22.8 Å². The maximum atomic E-state index is 15.7. The maximum Gasteiger partial charge on any atom is 0.135 e. The second kappa shape index (κ2) is 16.5. The highest BCUT2D eigenvalue weighted by atomic mass is 19.1. The fourth-order valence-electron chi connectivity index (χ4n) is 8.75. The normalized spacial score (nSPS) is 15.4. The lowest BCUT2D eigenvalue weighted by atomic mass is 9.83. The second-order valence-corrected chi connectivity index (χ2v) is 16.1. The van der Waals surface area contributed by atoms with Crippen molar-refractivity contribution in [1.82, 2.24) is 9.97 Å². The van der Waals surface area contributed by atoms with Gasteiger partial charge in [-0.05, 0) is 112 Å². The van der Waals surface area contributed by atoms with Gasteiger partial charge in [0.05, 0.1) is 22.8 Å². The smallest absolute Gasteiger partial charge is 0.135 e. The summed E-state index contributed by atoms with van der Waals surface area (Å²) in [7, 11) is 0. The average Bonchev–Trinajstić information content (AvgIpc) is 3.22. The lowest BCUT2D eigenvalue weighted by Gasteiger charge is -2.38. The fourth-order valence-corrected chi connectivity index (χ4v) is 8.75. The minimum atomic E-state index is -0.924. The first-order valence-corrected chi connectivity index (χ1v) is 20.3.